The maximum absolute atomic E-state index is 14.1. The van der Waals surface area contributed by atoms with E-state index in [0.717, 1.165) is 37.4 Å². The van der Waals surface area contributed by atoms with Gasteiger partial charge in [0.15, 0.2) is 5.82 Å². The van der Waals surface area contributed by atoms with Gasteiger partial charge in [0.2, 0.25) is 0 Å². The lowest BCUT2D eigenvalue weighted by molar-refractivity contribution is 0.103. The second kappa shape index (κ2) is 6.54. The lowest BCUT2D eigenvalue weighted by Crippen LogP contribution is -2.51. The van der Waals surface area contributed by atoms with Crippen LogP contribution in [0.25, 0.3) is 22.4 Å². The molecule has 5 nitrogen and oxygen atoms in total. The van der Waals surface area contributed by atoms with Crippen LogP contribution in [0.1, 0.15) is 0 Å². The molecule has 0 aliphatic carbocycles. The first-order chi connectivity index (χ1) is 12.1. The van der Waals surface area contributed by atoms with E-state index >= 15 is 0 Å². The number of fused-ring (bicyclic) bond motifs is 1. The fourth-order valence-corrected chi connectivity index (χ4v) is 3.45. The SMILES string of the molecule is CN1CCN(C)C(Cn2ccnc2-c2ccc3cccc(F)c3n2)C1. The molecule has 0 spiro atoms. The number of aromatic nitrogens is 3. The fourth-order valence-electron chi connectivity index (χ4n) is 3.45. The lowest BCUT2D eigenvalue weighted by Gasteiger charge is -2.38. The number of benzene rings is 1. The van der Waals surface area contributed by atoms with Crippen molar-refractivity contribution in [3.8, 4) is 11.5 Å². The summed E-state index contributed by atoms with van der Waals surface area (Å²) in [6, 6.07) is 9.25. The highest BCUT2D eigenvalue weighted by atomic mass is 19.1. The first-order valence-corrected chi connectivity index (χ1v) is 8.57. The summed E-state index contributed by atoms with van der Waals surface area (Å²) in [5, 5.41) is 0.801. The van der Waals surface area contributed by atoms with E-state index in [0.29, 0.717) is 17.3 Å². The Bertz CT molecular complexity index is 890. The Kier molecular flexibility index (Phi) is 4.23. The summed E-state index contributed by atoms with van der Waals surface area (Å²) in [7, 11) is 4.32. The maximum Gasteiger partial charge on any atom is 0.158 e. The second-order valence-electron chi connectivity index (χ2n) is 6.81. The Morgan fingerprint density at radius 3 is 2.92 bits per heavy atom. The molecule has 2 aromatic heterocycles. The largest absolute Gasteiger partial charge is 0.328 e. The number of rotatable bonds is 3. The molecule has 6 heteroatoms. The minimum Gasteiger partial charge on any atom is -0.328 e. The third-order valence-electron chi connectivity index (χ3n) is 5.00. The van der Waals surface area contributed by atoms with Gasteiger partial charge in [-0.15, -0.1) is 0 Å². The summed E-state index contributed by atoms with van der Waals surface area (Å²) in [4.78, 5) is 13.7. The molecule has 0 saturated carbocycles. The van der Waals surface area contributed by atoms with Gasteiger partial charge in [-0.3, -0.25) is 4.90 Å². The predicted molar refractivity (Wildman–Crippen MR) is 96.8 cm³/mol. The van der Waals surface area contributed by atoms with Crippen LogP contribution in [0.3, 0.4) is 0 Å². The van der Waals surface area contributed by atoms with E-state index in [-0.39, 0.29) is 5.82 Å². The van der Waals surface area contributed by atoms with E-state index in [2.05, 4.69) is 38.4 Å². The van der Waals surface area contributed by atoms with Crippen LogP contribution in [0.2, 0.25) is 0 Å². The zero-order valence-electron chi connectivity index (χ0n) is 14.6. The van der Waals surface area contributed by atoms with Gasteiger partial charge >= 0.3 is 0 Å². The van der Waals surface area contributed by atoms with E-state index in [9.17, 15) is 4.39 Å². The van der Waals surface area contributed by atoms with Gasteiger partial charge in [-0.1, -0.05) is 18.2 Å². The van der Waals surface area contributed by atoms with Crippen molar-refractivity contribution < 1.29 is 4.39 Å². The van der Waals surface area contributed by atoms with Crippen molar-refractivity contribution in [1.29, 1.82) is 0 Å². The van der Waals surface area contributed by atoms with Crippen molar-refractivity contribution >= 4 is 10.9 Å². The van der Waals surface area contributed by atoms with Crippen LogP contribution in [0.4, 0.5) is 4.39 Å². The molecule has 1 aliphatic heterocycles. The first kappa shape index (κ1) is 16.2. The summed E-state index contributed by atoms with van der Waals surface area (Å²) in [6.45, 7) is 4.01. The van der Waals surface area contributed by atoms with Crippen LogP contribution in [-0.4, -0.2) is 64.1 Å². The van der Waals surface area contributed by atoms with E-state index < -0.39 is 0 Å². The average Bonchev–Trinajstić information content (AvgIpc) is 3.06. The van der Waals surface area contributed by atoms with Crippen molar-refractivity contribution in [2.24, 2.45) is 0 Å². The number of hydrogen-bond donors (Lipinski definition) is 0. The normalized spacial score (nSPS) is 19.6. The molecule has 130 valence electrons. The highest BCUT2D eigenvalue weighted by molar-refractivity contribution is 5.81. The van der Waals surface area contributed by atoms with Gasteiger partial charge in [0, 0.05) is 50.0 Å². The van der Waals surface area contributed by atoms with Crippen LogP contribution in [0.15, 0.2) is 42.7 Å². The number of halogens is 1. The van der Waals surface area contributed by atoms with Gasteiger partial charge < -0.3 is 9.47 Å². The minimum absolute atomic E-state index is 0.300. The van der Waals surface area contributed by atoms with Gasteiger partial charge in [-0.05, 0) is 26.2 Å². The Labute approximate surface area is 146 Å². The quantitative estimate of drug-likeness (QED) is 0.735. The molecule has 0 bridgehead atoms. The number of para-hydroxylation sites is 1. The highest BCUT2D eigenvalue weighted by Gasteiger charge is 2.23. The third kappa shape index (κ3) is 3.15. The molecule has 25 heavy (non-hydrogen) atoms. The van der Waals surface area contributed by atoms with Crippen molar-refractivity contribution in [2.45, 2.75) is 12.6 Å². The molecule has 4 rings (SSSR count). The van der Waals surface area contributed by atoms with Crippen LogP contribution in [0.5, 0.6) is 0 Å². The lowest BCUT2D eigenvalue weighted by atomic mass is 10.1. The molecule has 3 heterocycles. The van der Waals surface area contributed by atoms with Crippen molar-refractivity contribution in [2.75, 3.05) is 33.7 Å². The predicted octanol–water partition coefficient (Wildman–Crippen LogP) is 2.48. The molecule has 3 aromatic rings. The van der Waals surface area contributed by atoms with E-state index in [1.807, 2.05) is 24.4 Å². The average molecular weight is 339 g/mol. The molecular formula is C19H22FN5. The van der Waals surface area contributed by atoms with Crippen molar-refractivity contribution in [3.63, 3.8) is 0 Å². The zero-order chi connectivity index (χ0) is 17.4. The van der Waals surface area contributed by atoms with Crippen molar-refractivity contribution in [1.82, 2.24) is 24.3 Å². The van der Waals surface area contributed by atoms with Gasteiger partial charge in [-0.25, -0.2) is 14.4 Å². The summed E-state index contributed by atoms with van der Waals surface area (Å²) in [6.07, 6.45) is 3.76. The summed E-state index contributed by atoms with van der Waals surface area (Å²) < 4.78 is 16.2. The van der Waals surface area contributed by atoms with Gasteiger partial charge in [-0.2, -0.15) is 0 Å². The van der Waals surface area contributed by atoms with Gasteiger partial charge in [0.25, 0.3) is 0 Å². The molecule has 0 N–H and O–H groups in total. The number of nitrogens with zero attached hydrogens (tertiary/aromatic N) is 5. The van der Waals surface area contributed by atoms with Crippen LogP contribution >= 0.6 is 0 Å². The topological polar surface area (TPSA) is 37.2 Å². The summed E-state index contributed by atoms with van der Waals surface area (Å²) >= 11 is 0. The fraction of sp³-hybridized carbons (Fsp3) is 0.368. The van der Waals surface area contributed by atoms with E-state index in [4.69, 9.17) is 0 Å². The Morgan fingerprint density at radius 2 is 2.04 bits per heavy atom. The molecule has 1 unspecified atom stereocenters. The zero-order valence-corrected chi connectivity index (χ0v) is 14.6. The smallest absolute Gasteiger partial charge is 0.158 e. The van der Waals surface area contributed by atoms with Crippen LogP contribution in [0, 0.1) is 5.82 Å². The molecule has 1 atom stereocenters. The number of piperazine rings is 1. The van der Waals surface area contributed by atoms with Crippen molar-refractivity contribution in [3.05, 3.63) is 48.5 Å². The number of hydrogen-bond acceptors (Lipinski definition) is 4. The molecule has 1 fully saturated rings. The molecule has 0 amide bonds. The Morgan fingerprint density at radius 1 is 1.16 bits per heavy atom. The molecule has 0 radical (unpaired) electrons. The van der Waals surface area contributed by atoms with Gasteiger partial charge in [0.05, 0.1) is 0 Å². The third-order valence-corrected chi connectivity index (χ3v) is 5.00. The molecule has 1 aromatic carbocycles. The van der Waals surface area contributed by atoms with E-state index in [1.54, 1.807) is 12.3 Å². The van der Waals surface area contributed by atoms with Gasteiger partial charge in [0.1, 0.15) is 17.0 Å². The molecular weight excluding hydrogens is 317 g/mol. The maximum atomic E-state index is 14.1. The molecule has 1 aliphatic rings. The summed E-state index contributed by atoms with van der Waals surface area (Å²) in [5.41, 5.74) is 1.10. The molecule has 1 saturated heterocycles. The van der Waals surface area contributed by atoms with E-state index in [1.165, 1.54) is 6.07 Å². The minimum atomic E-state index is -0.300. The Balaban J connectivity index is 1.66. The first-order valence-electron chi connectivity index (χ1n) is 8.57. The summed E-state index contributed by atoms with van der Waals surface area (Å²) in [5.74, 6) is 0.484. The monoisotopic (exact) mass is 339 g/mol. The number of pyridine rings is 1. The highest BCUT2D eigenvalue weighted by Crippen LogP contribution is 2.22. The standard InChI is InChI=1S/C19H22FN5/c1-23-10-11-24(2)15(12-23)13-25-9-8-21-19(25)17-7-6-14-4-3-5-16(20)18(14)22-17/h3-9,15H,10-13H2,1-2H3. The van der Waals surface area contributed by atoms with Crippen LogP contribution in [-0.2, 0) is 6.54 Å². The van der Waals surface area contributed by atoms with Crippen LogP contribution < -0.4 is 0 Å². The second-order valence-corrected chi connectivity index (χ2v) is 6.81. The number of likely N-dealkylation sites (N-methyl/N-ethyl adjacent to an activating group) is 2. The number of imidazole rings is 1. The Hall–Kier alpha value is -2.31.